The van der Waals surface area contributed by atoms with E-state index in [2.05, 4.69) is 4.98 Å². The predicted molar refractivity (Wildman–Crippen MR) is 105 cm³/mol. The molecule has 11 nitrogen and oxygen atoms in total. The Morgan fingerprint density at radius 1 is 1.10 bits per heavy atom. The standard InChI is InChI=1S/C18H26N6O5/c1-12(2)10-29-18(28)23-7-5-22(6-8-23)13(25)9-24-16(26)14-15(19-11-20(14)3)21(4)17(24)27/h11-12H,5-10H2,1-4H3. The lowest BCUT2D eigenvalue weighted by molar-refractivity contribution is -0.133. The molecular weight excluding hydrogens is 380 g/mol. The van der Waals surface area contributed by atoms with Gasteiger partial charge in [0.15, 0.2) is 11.2 Å². The van der Waals surface area contributed by atoms with Gasteiger partial charge in [0, 0.05) is 40.3 Å². The zero-order chi connectivity index (χ0) is 21.3. The van der Waals surface area contributed by atoms with Gasteiger partial charge >= 0.3 is 11.8 Å². The normalized spacial score (nSPS) is 14.7. The second-order valence-electron chi connectivity index (χ2n) is 7.60. The van der Waals surface area contributed by atoms with E-state index in [9.17, 15) is 19.2 Å². The molecule has 2 aromatic rings. The molecule has 3 heterocycles. The van der Waals surface area contributed by atoms with Crippen LogP contribution in [0.25, 0.3) is 11.2 Å². The van der Waals surface area contributed by atoms with Gasteiger partial charge < -0.3 is 19.1 Å². The van der Waals surface area contributed by atoms with Gasteiger partial charge in [0.1, 0.15) is 6.54 Å². The molecule has 1 saturated heterocycles. The van der Waals surface area contributed by atoms with Gasteiger partial charge in [0.2, 0.25) is 5.91 Å². The zero-order valence-electron chi connectivity index (χ0n) is 17.1. The van der Waals surface area contributed by atoms with Crippen molar-refractivity contribution in [2.24, 2.45) is 20.0 Å². The van der Waals surface area contributed by atoms with Gasteiger partial charge in [-0.05, 0) is 5.92 Å². The van der Waals surface area contributed by atoms with E-state index in [1.165, 1.54) is 22.5 Å². The van der Waals surface area contributed by atoms with Crippen LogP contribution in [0.5, 0.6) is 0 Å². The van der Waals surface area contributed by atoms with Crippen molar-refractivity contribution in [3.8, 4) is 0 Å². The van der Waals surface area contributed by atoms with Crippen LogP contribution in [0, 0.1) is 5.92 Å². The first-order valence-electron chi connectivity index (χ1n) is 9.51. The first-order valence-corrected chi connectivity index (χ1v) is 9.51. The number of ether oxygens (including phenoxy) is 1. The minimum atomic E-state index is -0.592. The lowest BCUT2D eigenvalue weighted by Crippen LogP contribution is -2.53. The topological polar surface area (TPSA) is 112 Å². The van der Waals surface area contributed by atoms with Crippen LogP contribution in [-0.4, -0.2) is 73.3 Å². The molecule has 0 bridgehead atoms. The van der Waals surface area contributed by atoms with Gasteiger partial charge in [0.25, 0.3) is 5.56 Å². The first kappa shape index (κ1) is 20.6. The van der Waals surface area contributed by atoms with E-state index in [4.69, 9.17) is 4.74 Å². The maximum atomic E-state index is 12.7. The van der Waals surface area contributed by atoms with E-state index in [-0.39, 0.29) is 29.5 Å². The lowest BCUT2D eigenvalue weighted by atomic mass is 10.2. The largest absolute Gasteiger partial charge is 0.449 e. The molecule has 0 N–H and O–H groups in total. The zero-order valence-corrected chi connectivity index (χ0v) is 17.1. The molecule has 2 aromatic heterocycles. The summed E-state index contributed by atoms with van der Waals surface area (Å²) in [5.74, 6) is -0.0968. The molecule has 0 saturated carbocycles. The highest BCUT2D eigenvalue weighted by atomic mass is 16.6. The summed E-state index contributed by atoms with van der Waals surface area (Å²) in [7, 11) is 3.17. The molecule has 0 unspecified atom stereocenters. The third kappa shape index (κ3) is 4.03. The Hall–Kier alpha value is -3.11. The fourth-order valence-corrected chi connectivity index (χ4v) is 3.24. The molecule has 0 atom stereocenters. The Morgan fingerprint density at radius 3 is 2.34 bits per heavy atom. The summed E-state index contributed by atoms with van der Waals surface area (Å²) in [4.78, 5) is 57.1. The van der Waals surface area contributed by atoms with Crippen molar-refractivity contribution in [1.29, 1.82) is 0 Å². The number of carbonyl (C=O) groups excluding carboxylic acids is 2. The third-order valence-electron chi connectivity index (χ3n) is 4.93. The van der Waals surface area contributed by atoms with Crippen molar-refractivity contribution in [2.75, 3.05) is 32.8 Å². The molecular formula is C18H26N6O5. The molecule has 29 heavy (non-hydrogen) atoms. The molecule has 0 spiro atoms. The van der Waals surface area contributed by atoms with E-state index in [1.54, 1.807) is 16.8 Å². The lowest BCUT2D eigenvalue weighted by Gasteiger charge is -2.34. The summed E-state index contributed by atoms with van der Waals surface area (Å²) in [5.41, 5.74) is -0.602. The number of piperazine rings is 1. The van der Waals surface area contributed by atoms with Crippen molar-refractivity contribution in [3.05, 3.63) is 27.2 Å². The number of rotatable bonds is 4. The number of nitrogens with zero attached hydrogens (tertiary/aromatic N) is 6. The number of amides is 2. The number of aryl methyl sites for hydroxylation is 2. The molecule has 0 aromatic carbocycles. The summed E-state index contributed by atoms with van der Waals surface area (Å²) in [6.07, 6.45) is 1.06. The summed E-state index contributed by atoms with van der Waals surface area (Å²) < 4.78 is 8.92. The molecule has 158 valence electrons. The smallest absolute Gasteiger partial charge is 0.409 e. The van der Waals surface area contributed by atoms with Crippen LogP contribution < -0.4 is 11.2 Å². The molecule has 1 fully saturated rings. The van der Waals surface area contributed by atoms with Crippen molar-refractivity contribution in [3.63, 3.8) is 0 Å². The monoisotopic (exact) mass is 406 g/mol. The number of hydrogen-bond donors (Lipinski definition) is 0. The van der Waals surface area contributed by atoms with Crippen molar-refractivity contribution in [2.45, 2.75) is 20.4 Å². The predicted octanol–water partition coefficient (Wildman–Crippen LogP) is -0.629. The highest BCUT2D eigenvalue weighted by molar-refractivity contribution is 5.77. The van der Waals surface area contributed by atoms with Crippen LogP contribution in [-0.2, 0) is 30.2 Å². The molecule has 3 rings (SSSR count). The highest BCUT2D eigenvalue weighted by Gasteiger charge is 2.26. The van der Waals surface area contributed by atoms with Crippen LogP contribution >= 0.6 is 0 Å². The molecule has 1 aliphatic heterocycles. The molecule has 0 aliphatic carbocycles. The summed E-state index contributed by atoms with van der Waals surface area (Å²) in [6.45, 7) is 5.23. The van der Waals surface area contributed by atoms with Gasteiger partial charge in [-0.15, -0.1) is 0 Å². The maximum absolute atomic E-state index is 12.7. The summed E-state index contributed by atoms with van der Waals surface area (Å²) in [5, 5.41) is 0. The van der Waals surface area contributed by atoms with Crippen molar-refractivity contribution >= 4 is 23.2 Å². The highest BCUT2D eigenvalue weighted by Crippen LogP contribution is 2.07. The minimum Gasteiger partial charge on any atom is -0.449 e. The van der Waals surface area contributed by atoms with Crippen LogP contribution in [0.1, 0.15) is 13.8 Å². The second kappa shape index (κ2) is 8.10. The summed E-state index contributed by atoms with van der Waals surface area (Å²) >= 11 is 0. The van der Waals surface area contributed by atoms with Gasteiger partial charge in [-0.1, -0.05) is 13.8 Å². The van der Waals surface area contributed by atoms with Crippen molar-refractivity contribution < 1.29 is 14.3 Å². The van der Waals surface area contributed by atoms with Gasteiger partial charge in [-0.2, -0.15) is 0 Å². The number of imidazole rings is 1. The Balaban J connectivity index is 1.69. The first-order chi connectivity index (χ1) is 13.7. The van der Waals surface area contributed by atoms with E-state index in [0.717, 1.165) is 4.57 Å². The van der Waals surface area contributed by atoms with E-state index >= 15 is 0 Å². The van der Waals surface area contributed by atoms with E-state index < -0.39 is 17.3 Å². The summed E-state index contributed by atoms with van der Waals surface area (Å²) in [6, 6.07) is 0. The minimum absolute atomic E-state index is 0.250. The number of hydrogen-bond acceptors (Lipinski definition) is 6. The molecule has 1 aliphatic rings. The fraction of sp³-hybridized carbons (Fsp3) is 0.611. The third-order valence-corrected chi connectivity index (χ3v) is 4.93. The number of aromatic nitrogens is 4. The Bertz CT molecular complexity index is 1040. The van der Waals surface area contributed by atoms with Crippen molar-refractivity contribution in [1.82, 2.24) is 28.5 Å². The maximum Gasteiger partial charge on any atom is 0.409 e. The van der Waals surface area contributed by atoms with Crippen LogP contribution in [0.15, 0.2) is 15.9 Å². The average molecular weight is 406 g/mol. The van der Waals surface area contributed by atoms with Gasteiger partial charge in [0.05, 0.1) is 12.9 Å². The van der Waals surface area contributed by atoms with Gasteiger partial charge in [-0.25, -0.2) is 19.1 Å². The second-order valence-corrected chi connectivity index (χ2v) is 7.60. The van der Waals surface area contributed by atoms with E-state index in [0.29, 0.717) is 32.8 Å². The van der Waals surface area contributed by atoms with Gasteiger partial charge in [-0.3, -0.25) is 14.2 Å². The molecule has 0 radical (unpaired) electrons. The van der Waals surface area contributed by atoms with Crippen LogP contribution in [0.4, 0.5) is 4.79 Å². The molecule has 11 heteroatoms. The van der Waals surface area contributed by atoms with Crippen LogP contribution in [0.3, 0.4) is 0 Å². The van der Waals surface area contributed by atoms with Crippen LogP contribution in [0.2, 0.25) is 0 Å². The number of fused-ring (bicyclic) bond motifs is 1. The Morgan fingerprint density at radius 2 is 1.72 bits per heavy atom. The quantitative estimate of drug-likeness (QED) is 0.668. The SMILES string of the molecule is CC(C)COC(=O)N1CCN(C(=O)Cn2c(=O)c3c(ncn3C)n(C)c2=O)CC1. The van der Waals surface area contributed by atoms with E-state index in [1.807, 2.05) is 13.8 Å². The fourth-order valence-electron chi connectivity index (χ4n) is 3.24. The molecule has 2 amide bonds. The Labute approximate surface area is 167 Å². The Kier molecular flexibility index (Phi) is 5.76. The number of carbonyl (C=O) groups is 2. The average Bonchev–Trinajstić information content (AvgIpc) is 3.09.